The third-order valence-corrected chi connectivity index (χ3v) is 5.24. The Balaban J connectivity index is 1.70. The fourth-order valence-corrected chi connectivity index (χ4v) is 3.83. The van der Waals surface area contributed by atoms with Gasteiger partial charge in [-0.25, -0.2) is 9.67 Å². The Kier molecular flexibility index (Phi) is 4.24. The molecule has 1 aliphatic heterocycles. The summed E-state index contributed by atoms with van der Waals surface area (Å²) in [5.74, 6) is 2.43. The molecule has 1 aliphatic rings. The van der Waals surface area contributed by atoms with Crippen LogP contribution in [0.2, 0.25) is 0 Å². The van der Waals surface area contributed by atoms with Crippen molar-refractivity contribution in [2.75, 3.05) is 7.11 Å². The summed E-state index contributed by atoms with van der Waals surface area (Å²) in [6, 6.07) is 15.9. The smallest absolute Gasteiger partial charge is 0.159 e. The second kappa shape index (κ2) is 7.05. The quantitative estimate of drug-likeness (QED) is 0.498. The molecule has 4 aromatic rings. The highest BCUT2D eigenvalue weighted by molar-refractivity contribution is 6.02. The minimum atomic E-state index is 0.00185. The van der Waals surface area contributed by atoms with Crippen LogP contribution in [0.25, 0.3) is 11.1 Å². The van der Waals surface area contributed by atoms with Crippen molar-refractivity contribution < 1.29 is 9.15 Å². The average molecular weight is 384 g/mol. The number of aryl methyl sites for hydroxylation is 1. The van der Waals surface area contributed by atoms with E-state index < -0.39 is 0 Å². The van der Waals surface area contributed by atoms with Crippen LogP contribution in [0, 0.1) is 6.92 Å². The molecular weight excluding hydrogens is 364 g/mol. The van der Waals surface area contributed by atoms with E-state index in [-0.39, 0.29) is 6.04 Å². The molecule has 0 unspecified atom stereocenters. The lowest BCUT2D eigenvalue weighted by Crippen LogP contribution is -2.21. The van der Waals surface area contributed by atoms with Gasteiger partial charge in [0.25, 0.3) is 0 Å². The highest BCUT2D eigenvalue weighted by Gasteiger charge is 2.30. The van der Waals surface area contributed by atoms with Crippen LogP contribution >= 0.6 is 0 Å². The summed E-state index contributed by atoms with van der Waals surface area (Å²) in [5.41, 5.74) is 5.01. The van der Waals surface area contributed by atoms with Gasteiger partial charge in [0, 0.05) is 24.4 Å². The normalized spacial score (nSPS) is 15.7. The van der Waals surface area contributed by atoms with Crippen LogP contribution in [0.5, 0.6) is 5.75 Å². The van der Waals surface area contributed by atoms with Gasteiger partial charge in [0.15, 0.2) is 5.82 Å². The molecule has 0 saturated carbocycles. The van der Waals surface area contributed by atoms with Gasteiger partial charge >= 0.3 is 0 Å². The minimum absolute atomic E-state index is 0.00185. The summed E-state index contributed by atoms with van der Waals surface area (Å²) >= 11 is 0. The Morgan fingerprint density at radius 1 is 1.10 bits per heavy atom. The number of rotatable bonds is 4. The topological polar surface area (TPSA) is 65.4 Å². The number of furan rings is 1. The zero-order valence-corrected chi connectivity index (χ0v) is 16.2. The SMILES string of the molecule is COc1ccc(-c2c(C)nn3c2N=C(c2ccco2)C[C@@H]3c2cccnc2)cc1. The van der Waals surface area contributed by atoms with Gasteiger partial charge in [-0.15, -0.1) is 0 Å². The first-order valence-corrected chi connectivity index (χ1v) is 9.49. The summed E-state index contributed by atoms with van der Waals surface area (Å²) in [4.78, 5) is 9.28. The molecule has 1 atom stereocenters. The number of ether oxygens (including phenoxy) is 1. The maximum atomic E-state index is 5.66. The summed E-state index contributed by atoms with van der Waals surface area (Å²) in [7, 11) is 1.67. The van der Waals surface area contributed by atoms with Crippen molar-refractivity contribution >= 4 is 11.5 Å². The van der Waals surface area contributed by atoms with Gasteiger partial charge in [0.05, 0.1) is 30.8 Å². The summed E-state index contributed by atoms with van der Waals surface area (Å²) in [5, 5.41) is 4.86. The van der Waals surface area contributed by atoms with Gasteiger partial charge in [-0.1, -0.05) is 18.2 Å². The van der Waals surface area contributed by atoms with Crippen molar-refractivity contribution in [3.05, 3.63) is 84.2 Å². The highest BCUT2D eigenvalue weighted by atomic mass is 16.5. The second-order valence-electron chi connectivity index (χ2n) is 7.00. The second-order valence-corrected chi connectivity index (χ2v) is 7.00. The Morgan fingerprint density at radius 2 is 1.97 bits per heavy atom. The number of benzene rings is 1. The van der Waals surface area contributed by atoms with Crippen LogP contribution < -0.4 is 4.74 Å². The Hall–Kier alpha value is -3.67. The molecule has 29 heavy (non-hydrogen) atoms. The summed E-state index contributed by atoms with van der Waals surface area (Å²) in [6.45, 7) is 2.02. The lowest BCUT2D eigenvalue weighted by Gasteiger charge is -2.24. The van der Waals surface area contributed by atoms with E-state index in [9.17, 15) is 0 Å². The van der Waals surface area contributed by atoms with Gasteiger partial charge in [0.2, 0.25) is 0 Å². The number of fused-ring (bicyclic) bond motifs is 1. The van der Waals surface area contributed by atoms with Crippen molar-refractivity contribution in [1.29, 1.82) is 0 Å². The molecular formula is C23H20N4O2. The molecule has 3 aromatic heterocycles. The monoisotopic (exact) mass is 384 g/mol. The van der Waals surface area contributed by atoms with Crippen molar-refractivity contribution in [3.8, 4) is 16.9 Å². The largest absolute Gasteiger partial charge is 0.497 e. The Bertz CT molecular complexity index is 1160. The Labute approximate surface area is 168 Å². The molecule has 0 radical (unpaired) electrons. The van der Waals surface area contributed by atoms with Crippen molar-refractivity contribution in [2.45, 2.75) is 19.4 Å². The molecule has 0 amide bonds. The molecule has 6 nitrogen and oxygen atoms in total. The number of aromatic nitrogens is 3. The van der Waals surface area contributed by atoms with Crippen LogP contribution in [0.3, 0.4) is 0 Å². The van der Waals surface area contributed by atoms with Crippen LogP contribution in [-0.2, 0) is 0 Å². The zero-order chi connectivity index (χ0) is 19.8. The average Bonchev–Trinajstić information content (AvgIpc) is 3.41. The first-order chi connectivity index (χ1) is 14.2. The van der Waals surface area contributed by atoms with Crippen LogP contribution in [0.1, 0.15) is 29.5 Å². The standard InChI is InChI=1S/C23H20N4O2/c1-15-22(16-7-9-18(28-2)10-8-16)23-25-19(21-6-4-12-29-21)13-20(27(23)26-15)17-5-3-11-24-14-17/h3-12,14,20H,13H2,1-2H3/t20-/m1/s1. The molecule has 5 rings (SSSR count). The van der Waals surface area contributed by atoms with E-state index in [0.29, 0.717) is 6.42 Å². The lowest BCUT2D eigenvalue weighted by atomic mass is 9.98. The molecule has 144 valence electrons. The van der Waals surface area contributed by atoms with E-state index in [0.717, 1.165) is 45.4 Å². The van der Waals surface area contributed by atoms with Crippen LogP contribution in [0.15, 0.2) is 76.6 Å². The van der Waals surface area contributed by atoms with E-state index in [1.165, 1.54) is 0 Å². The van der Waals surface area contributed by atoms with E-state index in [1.807, 2.05) is 60.3 Å². The summed E-state index contributed by atoms with van der Waals surface area (Å²) in [6.07, 6.45) is 6.04. The molecule has 1 aromatic carbocycles. The predicted molar refractivity (Wildman–Crippen MR) is 111 cm³/mol. The number of methoxy groups -OCH3 is 1. The third kappa shape index (κ3) is 3.02. The fraction of sp³-hybridized carbons (Fsp3) is 0.174. The van der Waals surface area contributed by atoms with E-state index >= 15 is 0 Å². The molecule has 0 saturated heterocycles. The maximum Gasteiger partial charge on any atom is 0.159 e. The highest BCUT2D eigenvalue weighted by Crippen LogP contribution is 2.41. The fourth-order valence-electron chi connectivity index (χ4n) is 3.83. The Morgan fingerprint density at radius 3 is 2.66 bits per heavy atom. The summed E-state index contributed by atoms with van der Waals surface area (Å²) < 4.78 is 13.0. The minimum Gasteiger partial charge on any atom is -0.497 e. The molecule has 6 heteroatoms. The number of hydrogen-bond donors (Lipinski definition) is 0. The molecule has 0 N–H and O–H groups in total. The van der Waals surface area contributed by atoms with E-state index in [2.05, 4.69) is 11.1 Å². The molecule has 0 aliphatic carbocycles. The molecule has 0 bridgehead atoms. The number of aliphatic imine (C=N–C) groups is 1. The third-order valence-electron chi connectivity index (χ3n) is 5.24. The molecule has 0 spiro atoms. The van der Waals surface area contributed by atoms with E-state index in [4.69, 9.17) is 19.2 Å². The van der Waals surface area contributed by atoms with Gasteiger partial charge < -0.3 is 9.15 Å². The maximum absolute atomic E-state index is 5.66. The van der Waals surface area contributed by atoms with Gasteiger partial charge in [-0.2, -0.15) is 5.10 Å². The molecule has 4 heterocycles. The lowest BCUT2D eigenvalue weighted by molar-refractivity contribution is 0.415. The van der Waals surface area contributed by atoms with Crippen molar-refractivity contribution in [1.82, 2.24) is 14.8 Å². The molecule has 0 fully saturated rings. The van der Waals surface area contributed by atoms with Crippen LogP contribution in [0.4, 0.5) is 5.82 Å². The van der Waals surface area contributed by atoms with Crippen molar-refractivity contribution in [3.63, 3.8) is 0 Å². The van der Waals surface area contributed by atoms with Gasteiger partial charge in [-0.3, -0.25) is 4.98 Å². The van der Waals surface area contributed by atoms with E-state index in [1.54, 1.807) is 19.6 Å². The number of pyridine rings is 1. The van der Waals surface area contributed by atoms with Crippen molar-refractivity contribution in [2.24, 2.45) is 4.99 Å². The van der Waals surface area contributed by atoms with Crippen LogP contribution in [-0.4, -0.2) is 27.6 Å². The zero-order valence-electron chi connectivity index (χ0n) is 16.2. The first-order valence-electron chi connectivity index (χ1n) is 9.49. The van der Waals surface area contributed by atoms with Gasteiger partial charge in [0.1, 0.15) is 11.5 Å². The number of nitrogens with zero attached hydrogens (tertiary/aromatic N) is 4. The predicted octanol–water partition coefficient (Wildman–Crippen LogP) is 4.97. The number of hydrogen-bond acceptors (Lipinski definition) is 5. The van der Waals surface area contributed by atoms with Gasteiger partial charge in [-0.05, 0) is 48.4 Å². The first kappa shape index (κ1) is 17.4.